The van der Waals surface area contributed by atoms with Gasteiger partial charge in [-0.15, -0.1) is 0 Å². The second kappa shape index (κ2) is 2.34. The van der Waals surface area contributed by atoms with Gasteiger partial charge in [-0.2, -0.15) is 0 Å². The lowest BCUT2D eigenvalue weighted by atomic mass is 10.7. The maximum atomic E-state index is 9.60. The predicted octanol–water partition coefficient (Wildman–Crippen LogP) is -1.92. The number of carbonyl (C=O) groups excluding carboxylic acids is 1. The molecule has 0 unspecified atom stereocenters. The van der Waals surface area contributed by atoms with Crippen LogP contribution in [-0.4, -0.2) is 30.9 Å². The highest BCUT2D eigenvalue weighted by Gasteiger charge is 1.79. The van der Waals surface area contributed by atoms with Gasteiger partial charge in [0.2, 0.25) is 0 Å². The van der Waals surface area contributed by atoms with E-state index in [1.807, 2.05) is 0 Å². The SMILES string of the molecule is C[N+](C)=CC(=O)[O-]. The van der Waals surface area contributed by atoms with Crippen molar-refractivity contribution in [3.8, 4) is 0 Å². The van der Waals surface area contributed by atoms with Crippen LogP contribution >= 0.6 is 0 Å². The Labute approximate surface area is 41.9 Å². The van der Waals surface area contributed by atoms with E-state index in [1.54, 1.807) is 14.1 Å². The third-order valence-corrected chi connectivity index (χ3v) is 0.364. The van der Waals surface area contributed by atoms with Crippen molar-refractivity contribution in [1.82, 2.24) is 0 Å². The Morgan fingerprint density at radius 2 is 2.14 bits per heavy atom. The molecule has 40 valence electrons. The smallest absolute Gasteiger partial charge is 0.185 e. The largest absolute Gasteiger partial charge is 0.540 e. The molecule has 0 aliphatic rings. The molecular weight excluding hydrogens is 94.0 g/mol. The van der Waals surface area contributed by atoms with Crippen LogP contribution in [0.1, 0.15) is 0 Å². The van der Waals surface area contributed by atoms with Gasteiger partial charge < -0.3 is 9.90 Å². The molecule has 0 amide bonds. The lowest BCUT2D eigenvalue weighted by molar-refractivity contribution is -0.461. The van der Waals surface area contributed by atoms with Gasteiger partial charge in [0.1, 0.15) is 20.1 Å². The average Bonchev–Trinajstić information content (AvgIpc) is 1.27. The third kappa shape index (κ3) is 5.14. The fourth-order valence-electron chi connectivity index (χ4n) is 0.211. The highest BCUT2D eigenvalue weighted by molar-refractivity contribution is 6.18. The van der Waals surface area contributed by atoms with Crippen molar-refractivity contribution in [1.29, 1.82) is 0 Å². The van der Waals surface area contributed by atoms with Crippen molar-refractivity contribution in [3.63, 3.8) is 0 Å². The van der Waals surface area contributed by atoms with Crippen molar-refractivity contribution in [2.45, 2.75) is 0 Å². The minimum atomic E-state index is -1.16. The van der Waals surface area contributed by atoms with E-state index in [1.165, 1.54) is 4.58 Å². The maximum Gasteiger partial charge on any atom is 0.185 e. The van der Waals surface area contributed by atoms with Crippen LogP contribution in [0.2, 0.25) is 0 Å². The normalized spacial score (nSPS) is 7.71. The summed E-state index contributed by atoms with van der Waals surface area (Å²) in [6, 6.07) is 0. The fraction of sp³-hybridized carbons (Fsp3) is 0.500. The molecule has 0 aliphatic carbocycles. The number of aliphatic carboxylic acids is 1. The molecule has 0 saturated carbocycles. The number of hydrogen-bond donors (Lipinski definition) is 0. The van der Waals surface area contributed by atoms with Crippen molar-refractivity contribution in [2.24, 2.45) is 0 Å². The molecule has 0 rings (SSSR count). The van der Waals surface area contributed by atoms with E-state index >= 15 is 0 Å². The predicted molar refractivity (Wildman–Crippen MR) is 23.2 cm³/mol. The molecule has 0 fully saturated rings. The zero-order valence-electron chi connectivity index (χ0n) is 4.34. The summed E-state index contributed by atoms with van der Waals surface area (Å²) in [5.74, 6) is -1.16. The zero-order chi connectivity index (χ0) is 5.86. The standard InChI is InChI=1S/C4H7NO2/c1-5(2)3-4(6)7/h3H,1-2H3. The quantitative estimate of drug-likeness (QED) is 0.285. The van der Waals surface area contributed by atoms with Gasteiger partial charge in [-0.1, -0.05) is 0 Å². The van der Waals surface area contributed by atoms with E-state index in [4.69, 9.17) is 0 Å². The van der Waals surface area contributed by atoms with Crippen LogP contribution in [-0.2, 0) is 4.79 Å². The highest BCUT2D eigenvalue weighted by atomic mass is 16.4. The van der Waals surface area contributed by atoms with Crippen LogP contribution in [0.25, 0.3) is 0 Å². The molecule has 0 N–H and O–H groups in total. The first-order chi connectivity index (χ1) is 3.13. The molecule has 7 heavy (non-hydrogen) atoms. The number of nitrogens with zero attached hydrogens (tertiary/aromatic N) is 1. The molecule has 0 aromatic carbocycles. The summed E-state index contributed by atoms with van der Waals surface area (Å²) in [5.41, 5.74) is 0. The number of carboxylic acids is 1. The Kier molecular flexibility index (Phi) is 2.05. The van der Waals surface area contributed by atoms with Crippen LogP contribution < -0.4 is 5.11 Å². The molecule has 0 spiro atoms. The van der Waals surface area contributed by atoms with E-state index < -0.39 is 5.97 Å². The van der Waals surface area contributed by atoms with E-state index in [2.05, 4.69) is 0 Å². The summed E-state index contributed by atoms with van der Waals surface area (Å²) >= 11 is 0. The maximum absolute atomic E-state index is 9.60. The molecule has 3 nitrogen and oxygen atoms in total. The number of rotatable bonds is 1. The van der Waals surface area contributed by atoms with Gasteiger partial charge in [0, 0.05) is 0 Å². The van der Waals surface area contributed by atoms with Crippen molar-refractivity contribution in [3.05, 3.63) is 0 Å². The fourth-order valence-corrected chi connectivity index (χ4v) is 0.211. The van der Waals surface area contributed by atoms with Gasteiger partial charge in [0.25, 0.3) is 0 Å². The zero-order valence-corrected chi connectivity index (χ0v) is 4.34. The van der Waals surface area contributed by atoms with Gasteiger partial charge >= 0.3 is 0 Å². The Morgan fingerprint density at radius 1 is 1.71 bits per heavy atom. The van der Waals surface area contributed by atoms with E-state index in [-0.39, 0.29) is 0 Å². The van der Waals surface area contributed by atoms with Crippen molar-refractivity contribution < 1.29 is 14.5 Å². The van der Waals surface area contributed by atoms with Crippen LogP contribution in [0.4, 0.5) is 0 Å². The lowest BCUT2D eigenvalue weighted by Gasteiger charge is -1.85. The molecule has 0 radical (unpaired) electrons. The molecule has 3 heteroatoms. The molecule has 0 atom stereocenters. The Morgan fingerprint density at radius 3 is 2.14 bits per heavy atom. The molecule has 0 aromatic heterocycles. The van der Waals surface area contributed by atoms with Gasteiger partial charge in [0.05, 0.1) is 0 Å². The van der Waals surface area contributed by atoms with E-state index in [0.29, 0.717) is 0 Å². The minimum Gasteiger partial charge on any atom is -0.540 e. The number of carbonyl (C=O) groups is 1. The summed E-state index contributed by atoms with van der Waals surface area (Å²) in [4.78, 5) is 9.60. The summed E-state index contributed by atoms with van der Waals surface area (Å²) in [6.45, 7) is 0. The number of carboxylic acid groups (broad SMARTS) is 1. The Balaban J connectivity index is 3.68. The lowest BCUT2D eigenvalue weighted by Crippen LogP contribution is -2.26. The van der Waals surface area contributed by atoms with Crippen LogP contribution in [0.3, 0.4) is 0 Å². The highest BCUT2D eigenvalue weighted by Crippen LogP contribution is 1.47. The van der Waals surface area contributed by atoms with Crippen molar-refractivity contribution in [2.75, 3.05) is 14.1 Å². The molecular formula is C4H7NO2. The van der Waals surface area contributed by atoms with Gasteiger partial charge in [-0.05, 0) is 0 Å². The van der Waals surface area contributed by atoms with Gasteiger partial charge in [-0.3, -0.25) is 0 Å². The van der Waals surface area contributed by atoms with E-state index in [0.717, 1.165) is 6.21 Å². The monoisotopic (exact) mass is 101 g/mol. The summed E-state index contributed by atoms with van der Waals surface area (Å²) in [6.07, 6.45) is 0.972. The topological polar surface area (TPSA) is 43.1 Å². The second-order valence-corrected chi connectivity index (χ2v) is 1.41. The summed E-state index contributed by atoms with van der Waals surface area (Å²) in [5, 5.41) is 9.60. The third-order valence-electron chi connectivity index (χ3n) is 0.364. The van der Waals surface area contributed by atoms with Crippen LogP contribution in [0, 0.1) is 0 Å². The van der Waals surface area contributed by atoms with Gasteiger partial charge in [0.15, 0.2) is 6.21 Å². The second-order valence-electron chi connectivity index (χ2n) is 1.41. The summed E-state index contributed by atoms with van der Waals surface area (Å²) < 4.78 is 1.41. The average molecular weight is 101 g/mol. The molecule has 0 bridgehead atoms. The minimum absolute atomic E-state index is 0.972. The van der Waals surface area contributed by atoms with Crippen LogP contribution in [0.15, 0.2) is 0 Å². The first kappa shape index (κ1) is 6.14. The van der Waals surface area contributed by atoms with Gasteiger partial charge in [-0.25, -0.2) is 4.58 Å². The molecule has 0 aliphatic heterocycles. The first-order valence-corrected chi connectivity index (χ1v) is 1.85. The van der Waals surface area contributed by atoms with Crippen molar-refractivity contribution >= 4 is 12.2 Å². The van der Waals surface area contributed by atoms with Crippen LogP contribution in [0.5, 0.6) is 0 Å². The summed E-state index contributed by atoms with van der Waals surface area (Å²) in [7, 11) is 3.24. The Bertz CT molecular complexity index is 102. The van der Waals surface area contributed by atoms with E-state index in [9.17, 15) is 9.90 Å². The first-order valence-electron chi connectivity index (χ1n) is 1.85. The molecule has 0 saturated heterocycles. The molecule has 0 heterocycles. The number of hydrogen-bond acceptors (Lipinski definition) is 2. The Hall–Kier alpha value is -0.860. The molecule has 0 aromatic rings.